The first kappa shape index (κ1) is 23.7. The summed E-state index contributed by atoms with van der Waals surface area (Å²) in [6.07, 6.45) is 5.52. The van der Waals surface area contributed by atoms with Crippen LogP contribution in [0.4, 0.5) is 5.69 Å². The summed E-state index contributed by atoms with van der Waals surface area (Å²) in [5, 5.41) is 0. The maximum absolute atomic E-state index is 13.1. The molecule has 1 amide bonds. The van der Waals surface area contributed by atoms with Gasteiger partial charge in [-0.1, -0.05) is 0 Å². The van der Waals surface area contributed by atoms with Crippen LogP contribution in [0.2, 0.25) is 0 Å². The van der Waals surface area contributed by atoms with Crippen molar-refractivity contribution in [2.75, 3.05) is 37.2 Å². The topological polar surface area (TPSA) is 104 Å². The Kier molecular flexibility index (Phi) is 6.78. The van der Waals surface area contributed by atoms with E-state index in [0.717, 1.165) is 45.3 Å². The largest absolute Gasteiger partial charge is 0.334 e. The summed E-state index contributed by atoms with van der Waals surface area (Å²) in [6.45, 7) is 3.87. The molecule has 2 aromatic rings. The first-order valence-corrected chi connectivity index (χ1v) is 14.5. The third-order valence-corrected chi connectivity index (χ3v) is 8.78. The molecule has 1 N–H and O–H groups in total. The highest BCUT2D eigenvalue weighted by atomic mass is 32.2. The van der Waals surface area contributed by atoms with Crippen molar-refractivity contribution in [3.8, 4) is 0 Å². The number of benzene rings is 2. The molecule has 0 saturated carbocycles. The molecule has 0 unspecified atom stereocenters. The molecule has 2 saturated heterocycles. The minimum atomic E-state index is -3.89. The van der Waals surface area contributed by atoms with E-state index in [4.69, 9.17) is 0 Å². The van der Waals surface area contributed by atoms with Crippen LogP contribution in [-0.4, -0.2) is 71.0 Å². The fourth-order valence-corrected chi connectivity index (χ4v) is 6.17. The van der Waals surface area contributed by atoms with Gasteiger partial charge in [0.05, 0.1) is 9.79 Å². The van der Waals surface area contributed by atoms with Crippen LogP contribution in [0.15, 0.2) is 58.3 Å². The Morgan fingerprint density at radius 3 is 2.09 bits per heavy atom. The highest BCUT2D eigenvalue weighted by molar-refractivity contribution is 7.92. The molecular formula is C23H29N3O5S2. The van der Waals surface area contributed by atoms with Gasteiger partial charge in [0.15, 0.2) is 9.84 Å². The summed E-state index contributed by atoms with van der Waals surface area (Å²) >= 11 is 0. The molecule has 0 aromatic heterocycles. The van der Waals surface area contributed by atoms with Gasteiger partial charge in [0.25, 0.3) is 15.9 Å². The van der Waals surface area contributed by atoms with Gasteiger partial charge in [-0.15, -0.1) is 0 Å². The van der Waals surface area contributed by atoms with E-state index in [1.165, 1.54) is 37.1 Å². The van der Waals surface area contributed by atoms with Crippen LogP contribution in [0.25, 0.3) is 0 Å². The van der Waals surface area contributed by atoms with Gasteiger partial charge in [0.2, 0.25) is 0 Å². The quantitative estimate of drug-likeness (QED) is 0.639. The van der Waals surface area contributed by atoms with Gasteiger partial charge in [-0.3, -0.25) is 9.52 Å². The SMILES string of the molecule is CS(=O)(=O)c1ccc(S(=O)(=O)Nc2ccc(C(=O)N3CCC[C@H]3CN3CCCC3)cc2)cc1. The molecule has 8 nitrogen and oxygen atoms in total. The van der Waals surface area contributed by atoms with Crippen molar-refractivity contribution in [1.82, 2.24) is 9.80 Å². The molecule has 2 aliphatic rings. The number of likely N-dealkylation sites (tertiary alicyclic amines) is 2. The summed E-state index contributed by atoms with van der Waals surface area (Å²) in [5.74, 6) is -0.0255. The second-order valence-electron chi connectivity index (χ2n) is 8.73. The van der Waals surface area contributed by atoms with Crippen molar-refractivity contribution in [2.24, 2.45) is 0 Å². The molecule has 4 rings (SSSR count). The Labute approximate surface area is 195 Å². The number of hydrogen-bond acceptors (Lipinski definition) is 6. The van der Waals surface area contributed by atoms with Crippen molar-refractivity contribution in [1.29, 1.82) is 0 Å². The number of amides is 1. The van der Waals surface area contributed by atoms with Crippen LogP contribution in [0, 0.1) is 0 Å². The monoisotopic (exact) mass is 491 g/mol. The van der Waals surface area contributed by atoms with E-state index >= 15 is 0 Å². The van der Waals surface area contributed by atoms with Crippen molar-refractivity contribution in [3.05, 3.63) is 54.1 Å². The van der Waals surface area contributed by atoms with Crippen molar-refractivity contribution in [3.63, 3.8) is 0 Å². The van der Waals surface area contributed by atoms with Crippen LogP contribution in [0.1, 0.15) is 36.0 Å². The molecule has 0 spiro atoms. The molecule has 10 heteroatoms. The van der Waals surface area contributed by atoms with E-state index in [1.807, 2.05) is 4.90 Å². The fraction of sp³-hybridized carbons (Fsp3) is 0.435. The zero-order chi connectivity index (χ0) is 23.6. The lowest BCUT2D eigenvalue weighted by Gasteiger charge is -2.28. The lowest BCUT2D eigenvalue weighted by molar-refractivity contribution is 0.0709. The van der Waals surface area contributed by atoms with E-state index in [0.29, 0.717) is 11.3 Å². The standard InChI is InChI=1S/C23H29N3O5S2/c1-32(28,29)21-10-12-22(13-11-21)33(30,31)24-19-8-6-18(7-9-19)23(27)26-16-4-5-20(26)17-25-14-2-3-15-25/h6-13,20,24H,2-5,14-17H2,1H3/t20-/m0/s1. The smallest absolute Gasteiger partial charge is 0.261 e. The lowest BCUT2D eigenvalue weighted by Crippen LogP contribution is -2.42. The third kappa shape index (κ3) is 5.56. The van der Waals surface area contributed by atoms with Crippen LogP contribution in [-0.2, 0) is 19.9 Å². The molecule has 0 bridgehead atoms. The van der Waals surface area contributed by atoms with Crippen LogP contribution < -0.4 is 4.72 Å². The molecular weight excluding hydrogens is 462 g/mol. The van der Waals surface area contributed by atoms with E-state index < -0.39 is 19.9 Å². The molecule has 33 heavy (non-hydrogen) atoms. The molecule has 2 aliphatic heterocycles. The van der Waals surface area contributed by atoms with Crippen LogP contribution >= 0.6 is 0 Å². The third-order valence-electron chi connectivity index (χ3n) is 6.25. The minimum absolute atomic E-state index is 0.0255. The first-order valence-electron chi connectivity index (χ1n) is 11.1. The molecule has 2 heterocycles. The van der Waals surface area contributed by atoms with Gasteiger partial charge >= 0.3 is 0 Å². The predicted molar refractivity (Wildman–Crippen MR) is 127 cm³/mol. The number of nitrogens with one attached hydrogen (secondary N) is 1. The minimum Gasteiger partial charge on any atom is -0.334 e. The van der Waals surface area contributed by atoms with Gasteiger partial charge < -0.3 is 9.80 Å². The summed E-state index contributed by atoms with van der Waals surface area (Å²) in [7, 11) is -7.30. The average Bonchev–Trinajstić information content (AvgIpc) is 3.46. The van der Waals surface area contributed by atoms with Crippen LogP contribution in [0.3, 0.4) is 0 Å². The van der Waals surface area contributed by atoms with Gasteiger partial charge in [0.1, 0.15) is 0 Å². The maximum atomic E-state index is 13.1. The summed E-state index contributed by atoms with van der Waals surface area (Å²) in [4.78, 5) is 17.5. The van der Waals surface area contributed by atoms with Crippen molar-refractivity contribution >= 4 is 31.5 Å². The molecule has 0 radical (unpaired) electrons. The van der Waals surface area contributed by atoms with Gasteiger partial charge in [-0.2, -0.15) is 0 Å². The second kappa shape index (κ2) is 9.44. The van der Waals surface area contributed by atoms with Gasteiger partial charge in [-0.25, -0.2) is 16.8 Å². The maximum Gasteiger partial charge on any atom is 0.261 e. The van der Waals surface area contributed by atoms with Crippen LogP contribution in [0.5, 0.6) is 0 Å². The van der Waals surface area contributed by atoms with E-state index in [-0.39, 0.29) is 21.7 Å². The summed E-state index contributed by atoms with van der Waals surface area (Å²) in [5.41, 5.74) is 0.859. The highest BCUT2D eigenvalue weighted by Crippen LogP contribution is 2.24. The van der Waals surface area contributed by atoms with Gasteiger partial charge in [0, 0.05) is 36.6 Å². The number of nitrogens with zero attached hydrogens (tertiary/aromatic N) is 2. The molecule has 178 valence electrons. The normalized spacial score (nSPS) is 19.7. The van der Waals surface area contributed by atoms with Crippen molar-refractivity contribution in [2.45, 2.75) is 41.5 Å². The van der Waals surface area contributed by atoms with E-state index in [2.05, 4.69) is 9.62 Å². The highest BCUT2D eigenvalue weighted by Gasteiger charge is 2.31. The fourth-order valence-electron chi connectivity index (χ4n) is 4.48. The molecule has 2 aromatic carbocycles. The zero-order valence-corrected chi connectivity index (χ0v) is 20.2. The second-order valence-corrected chi connectivity index (χ2v) is 12.4. The Hall–Kier alpha value is -2.43. The number of anilines is 1. The summed E-state index contributed by atoms with van der Waals surface area (Å²) in [6, 6.07) is 11.7. The number of sulfonamides is 1. The summed E-state index contributed by atoms with van der Waals surface area (Å²) < 4.78 is 50.9. The lowest BCUT2D eigenvalue weighted by atomic mass is 10.1. The Balaban J connectivity index is 1.42. The molecule has 2 fully saturated rings. The predicted octanol–water partition coefficient (Wildman–Crippen LogP) is 2.59. The number of sulfone groups is 1. The first-order chi connectivity index (χ1) is 15.6. The van der Waals surface area contributed by atoms with E-state index in [1.54, 1.807) is 24.3 Å². The molecule has 0 aliphatic carbocycles. The van der Waals surface area contributed by atoms with Crippen molar-refractivity contribution < 1.29 is 21.6 Å². The zero-order valence-electron chi connectivity index (χ0n) is 18.6. The molecule has 1 atom stereocenters. The average molecular weight is 492 g/mol. The Morgan fingerprint density at radius 2 is 1.48 bits per heavy atom. The number of hydrogen-bond donors (Lipinski definition) is 1. The Morgan fingerprint density at radius 1 is 0.879 bits per heavy atom. The van der Waals surface area contributed by atoms with E-state index in [9.17, 15) is 21.6 Å². The number of carbonyl (C=O) groups is 1. The number of carbonyl (C=O) groups excluding carboxylic acids is 1. The number of rotatable bonds is 7. The van der Waals surface area contributed by atoms with Gasteiger partial charge in [-0.05, 0) is 87.3 Å². The Bertz CT molecular complexity index is 1200.